The van der Waals surface area contributed by atoms with Crippen molar-refractivity contribution in [1.82, 2.24) is 0 Å². The van der Waals surface area contributed by atoms with E-state index in [1.165, 1.54) is 14.2 Å². The van der Waals surface area contributed by atoms with Crippen LogP contribution in [-0.2, 0) is 4.79 Å². The first-order chi connectivity index (χ1) is 11.8. The maximum absolute atomic E-state index is 12.2. The summed E-state index contributed by atoms with van der Waals surface area (Å²) in [7, 11) is 2.95. The Labute approximate surface area is 160 Å². The lowest BCUT2D eigenvalue weighted by Crippen LogP contribution is -2.21. The normalized spacial score (nSPS) is 10.3. The Morgan fingerprint density at radius 3 is 2.28 bits per heavy atom. The molecule has 0 radical (unpaired) electrons. The summed E-state index contributed by atoms with van der Waals surface area (Å²) >= 11 is 18.0. The molecule has 1 N–H and O–H groups in total. The smallest absolute Gasteiger partial charge is 0.262 e. The predicted molar refractivity (Wildman–Crippen MR) is 99.9 cm³/mol. The summed E-state index contributed by atoms with van der Waals surface area (Å²) < 4.78 is 15.9. The van der Waals surface area contributed by atoms with E-state index in [4.69, 9.17) is 49.0 Å². The van der Waals surface area contributed by atoms with Gasteiger partial charge in [-0.1, -0.05) is 34.8 Å². The number of ether oxygens (including phenoxy) is 3. The molecule has 0 aromatic heterocycles. The fraction of sp³-hybridized carbons (Fsp3) is 0.235. The van der Waals surface area contributed by atoms with Crippen LogP contribution in [-0.4, -0.2) is 26.7 Å². The molecular formula is C17H16Cl3NO4. The van der Waals surface area contributed by atoms with Crippen molar-refractivity contribution < 1.29 is 19.0 Å². The molecule has 25 heavy (non-hydrogen) atoms. The molecule has 0 aliphatic carbocycles. The molecule has 0 saturated carbocycles. The molecule has 0 atom stereocenters. The third kappa shape index (κ3) is 4.84. The van der Waals surface area contributed by atoms with Crippen molar-refractivity contribution in [2.24, 2.45) is 0 Å². The van der Waals surface area contributed by atoms with E-state index in [2.05, 4.69) is 5.32 Å². The molecule has 0 saturated heterocycles. The summed E-state index contributed by atoms with van der Waals surface area (Å²) in [6, 6.07) is 6.38. The molecule has 8 heteroatoms. The first-order valence-electron chi connectivity index (χ1n) is 7.15. The van der Waals surface area contributed by atoms with Crippen LogP contribution in [0.2, 0.25) is 15.1 Å². The summed E-state index contributed by atoms with van der Waals surface area (Å²) in [5, 5.41) is 3.89. The molecule has 0 spiro atoms. The largest absolute Gasteiger partial charge is 0.495 e. The van der Waals surface area contributed by atoms with Crippen molar-refractivity contribution in [3.8, 4) is 17.2 Å². The molecule has 0 heterocycles. The monoisotopic (exact) mass is 403 g/mol. The molecule has 134 valence electrons. The third-order valence-corrected chi connectivity index (χ3v) is 4.08. The number of halogens is 3. The van der Waals surface area contributed by atoms with E-state index in [1.807, 2.05) is 0 Å². The lowest BCUT2D eigenvalue weighted by molar-refractivity contribution is -0.118. The van der Waals surface area contributed by atoms with Gasteiger partial charge in [0.2, 0.25) is 0 Å². The SMILES string of the molecule is COc1cc(NC(=O)COc2c(C)cc(Cl)cc2Cl)c(OC)cc1Cl. The Morgan fingerprint density at radius 2 is 1.68 bits per heavy atom. The topological polar surface area (TPSA) is 56.8 Å². The van der Waals surface area contributed by atoms with Gasteiger partial charge >= 0.3 is 0 Å². The van der Waals surface area contributed by atoms with Gasteiger partial charge in [-0.3, -0.25) is 4.79 Å². The number of rotatable bonds is 6. The number of carbonyl (C=O) groups excluding carboxylic acids is 1. The van der Waals surface area contributed by atoms with Gasteiger partial charge in [0.15, 0.2) is 6.61 Å². The van der Waals surface area contributed by atoms with Crippen molar-refractivity contribution in [2.75, 3.05) is 26.1 Å². The first-order valence-corrected chi connectivity index (χ1v) is 8.29. The van der Waals surface area contributed by atoms with Crippen LogP contribution in [0.25, 0.3) is 0 Å². The van der Waals surface area contributed by atoms with E-state index in [1.54, 1.807) is 31.2 Å². The van der Waals surface area contributed by atoms with Crippen LogP contribution in [0, 0.1) is 6.92 Å². The van der Waals surface area contributed by atoms with Crippen LogP contribution in [0.1, 0.15) is 5.56 Å². The highest BCUT2D eigenvalue weighted by molar-refractivity contribution is 6.35. The van der Waals surface area contributed by atoms with Crippen LogP contribution >= 0.6 is 34.8 Å². The second-order valence-corrected chi connectivity index (χ2v) is 6.31. The molecule has 5 nitrogen and oxygen atoms in total. The summed E-state index contributed by atoms with van der Waals surface area (Å²) in [6.45, 7) is 1.55. The summed E-state index contributed by atoms with van der Waals surface area (Å²) in [6.07, 6.45) is 0. The van der Waals surface area contributed by atoms with Crippen molar-refractivity contribution in [3.05, 3.63) is 44.9 Å². The fourth-order valence-electron chi connectivity index (χ4n) is 2.15. The Morgan fingerprint density at radius 1 is 1.00 bits per heavy atom. The van der Waals surface area contributed by atoms with Gasteiger partial charge in [-0.25, -0.2) is 0 Å². The molecule has 0 fully saturated rings. The number of hydrogen-bond acceptors (Lipinski definition) is 4. The zero-order valence-electron chi connectivity index (χ0n) is 13.8. The van der Waals surface area contributed by atoms with Gasteiger partial charge in [-0.15, -0.1) is 0 Å². The number of aryl methyl sites for hydroxylation is 1. The highest BCUT2D eigenvalue weighted by Gasteiger charge is 2.14. The summed E-state index contributed by atoms with van der Waals surface area (Å²) in [5.41, 5.74) is 1.15. The van der Waals surface area contributed by atoms with E-state index in [0.717, 1.165) is 5.56 Å². The third-order valence-electron chi connectivity index (χ3n) is 3.29. The zero-order chi connectivity index (χ0) is 18.6. The molecule has 2 rings (SSSR count). The fourth-order valence-corrected chi connectivity index (χ4v) is 3.03. The predicted octanol–water partition coefficient (Wildman–Crippen LogP) is 4.99. The van der Waals surface area contributed by atoms with Gasteiger partial charge in [-0.05, 0) is 24.6 Å². The van der Waals surface area contributed by atoms with Crippen LogP contribution in [0.5, 0.6) is 17.2 Å². The van der Waals surface area contributed by atoms with E-state index in [-0.39, 0.29) is 6.61 Å². The molecule has 0 bridgehead atoms. The Balaban J connectivity index is 2.11. The number of benzene rings is 2. The molecule has 0 aliphatic rings. The second kappa shape index (κ2) is 8.52. The number of carbonyl (C=O) groups is 1. The minimum absolute atomic E-state index is 0.240. The van der Waals surface area contributed by atoms with E-state index < -0.39 is 5.91 Å². The van der Waals surface area contributed by atoms with Gasteiger partial charge in [-0.2, -0.15) is 0 Å². The van der Waals surface area contributed by atoms with Gasteiger partial charge in [0.1, 0.15) is 17.2 Å². The Hall–Kier alpha value is -1.82. The maximum atomic E-state index is 12.2. The Kier molecular flexibility index (Phi) is 6.64. The average Bonchev–Trinajstić information content (AvgIpc) is 2.55. The second-order valence-electron chi connectivity index (χ2n) is 5.06. The molecule has 1 amide bonds. The van der Waals surface area contributed by atoms with Crippen LogP contribution in [0.3, 0.4) is 0 Å². The molecule has 0 aliphatic heterocycles. The average molecular weight is 405 g/mol. The van der Waals surface area contributed by atoms with E-state index in [9.17, 15) is 4.79 Å². The van der Waals surface area contributed by atoms with Crippen molar-refractivity contribution in [3.63, 3.8) is 0 Å². The summed E-state index contributed by atoms with van der Waals surface area (Å²) in [4.78, 5) is 12.2. The number of methoxy groups -OCH3 is 2. The Bertz CT molecular complexity index is 773. The highest BCUT2D eigenvalue weighted by atomic mass is 35.5. The minimum Gasteiger partial charge on any atom is -0.495 e. The standard InChI is InChI=1S/C17H16Cl3NO4/c1-9-4-10(18)5-12(20)17(9)25-8-16(22)21-13-7-14(23-2)11(19)6-15(13)24-3/h4-7H,8H2,1-3H3,(H,21,22). The highest BCUT2D eigenvalue weighted by Crippen LogP contribution is 2.36. The van der Waals surface area contributed by atoms with E-state index in [0.29, 0.717) is 38.0 Å². The zero-order valence-corrected chi connectivity index (χ0v) is 16.1. The van der Waals surface area contributed by atoms with Gasteiger partial charge in [0.05, 0.1) is 30.0 Å². The molecule has 2 aromatic rings. The number of hydrogen-bond donors (Lipinski definition) is 1. The number of amides is 1. The van der Waals surface area contributed by atoms with Crippen molar-refractivity contribution >= 4 is 46.4 Å². The van der Waals surface area contributed by atoms with Gasteiger partial charge < -0.3 is 19.5 Å². The quantitative estimate of drug-likeness (QED) is 0.737. The van der Waals surface area contributed by atoms with Crippen LogP contribution in [0.4, 0.5) is 5.69 Å². The van der Waals surface area contributed by atoms with Crippen LogP contribution < -0.4 is 19.5 Å². The lowest BCUT2D eigenvalue weighted by Gasteiger charge is -2.14. The van der Waals surface area contributed by atoms with Gasteiger partial charge in [0.25, 0.3) is 5.91 Å². The van der Waals surface area contributed by atoms with Crippen LogP contribution in [0.15, 0.2) is 24.3 Å². The molecule has 0 unspecified atom stereocenters. The van der Waals surface area contributed by atoms with E-state index >= 15 is 0 Å². The molecular weight excluding hydrogens is 389 g/mol. The summed E-state index contributed by atoms with van der Waals surface area (Å²) in [5.74, 6) is 0.824. The van der Waals surface area contributed by atoms with Crippen molar-refractivity contribution in [2.45, 2.75) is 6.92 Å². The maximum Gasteiger partial charge on any atom is 0.262 e. The number of anilines is 1. The first kappa shape index (κ1) is 19.5. The van der Waals surface area contributed by atoms with Crippen molar-refractivity contribution in [1.29, 1.82) is 0 Å². The lowest BCUT2D eigenvalue weighted by atomic mass is 10.2. The molecule has 2 aromatic carbocycles. The number of nitrogens with one attached hydrogen (secondary N) is 1. The minimum atomic E-state index is -0.395. The van der Waals surface area contributed by atoms with Gasteiger partial charge in [0, 0.05) is 17.2 Å².